The fourth-order valence-electron chi connectivity index (χ4n) is 3.74. The molecule has 25 heavy (non-hydrogen) atoms. The van der Waals surface area contributed by atoms with Crippen LogP contribution in [-0.2, 0) is 10.2 Å². The summed E-state index contributed by atoms with van der Waals surface area (Å²) in [7, 11) is 0. The standard InChI is InChI=1S/C20H24N2O2S/c1-14-8-4-5-9-16(14)20(12-6-3-7-13-20)19(24)22-21-18(23)17-11-10-15(2)25-17/h4-5,8-11H,3,6-7,12-13H2,1-2H3,(H,21,23)(H,22,24). The molecule has 1 aliphatic carbocycles. The van der Waals surface area contributed by atoms with E-state index in [0.717, 1.165) is 48.1 Å². The Morgan fingerprint density at radius 2 is 1.68 bits per heavy atom. The lowest BCUT2D eigenvalue weighted by Crippen LogP contribution is -2.52. The maximum atomic E-state index is 13.1. The highest BCUT2D eigenvalue weighted by atomic mass is 32.1. The molecule has 1 aromatic carbocycles. The average molecular weight is 356 g/mol. The molecule has 0 spiro atoms. The van der Waals surface area contributed by atoms with Crippen LogP contribution in [0.2, 0.25) is 0 Å². The van der Waals surface area contributed by atoms with Crippen molar-refractivity contribution in [2.75, 3.05) is 0 Å². The maximum absolute atomic E-state index is 13.1. The third-order valence-electron chi connectivity index (χ3n) is 5.06. The van der Waals surface area contributed by atoms with E-state index in [9.17, 15) is 9.59 Å². The molecular weight excluding hydrogens is 332 g/mol. The van der Waals surface area contributed by atoms with Crippen molar-refractivity contribution in [3.05, 3.63) is 57.3 Å². The second-order valence-electron chi connectivity index (χ2n) is 6.78. The molecule has 1 fully saturated rings. The van der Waals surface area contributed by atoms with Gasteiger partial charge in [0.1, 0.15) is 0 Å². The van der Waals surface area contributed by atoms with Crippen LogP contribution in [-0.4, -0.2) is 11.8 Å². The second-order valence-corrected chi connectivity index (χ2v) is 8.06. The molecule has 2 N–H and O–H groups in total. The number of amides is 2. The monoisotopic (exact) mass is 356 g/mol. The smallest absolute Gasteiger partial charge is 0.272 e. The normalized spacial score (nSPS) is 16.2. The van der Waals surface area contributed by atoms with Crippen LogP contribution in [0.3, 0.4) is 0 Å². The molecule has 132 valence electrons. The first kappa shape index (κ1) is 17.7. The van der Waals surface area contributed by atoms with Crippen LogP contribution in [0.15, 0.2) is 36.4 Å². The second kappa shape index (κ2) is 7.40. The quantitative estimate of drug-likeness (QED) is 0.816. The van der Waals surface area contributed by atoms with Gasteiger partial charge in [0, 0.05) is 4.88 Å². The van der Waals surface area contributed by atoms with E-state index < -0.39 is 5.41 Å². The lowest BCUT2D eigenvalue weighted by molar-refractivity contribution is -0.128. The summed E-state index contributed by atoms with van der Waals surface area (Å²) in [5.41, 5.74) is 6.94. The highest BCUT2D eigenvalue weighted by Crippen LogP contribution is 2.41. The number of thiophene rings is 1. The van der Waals surface area contributed by atoms with Gasteiger partial charge in [0.25, 0.3) is 5.91 Å². The van der Waals surface area contributed by atoms with Gasteiger partial charge in [0.15, 0.2) is 0 Å². The van der Waals surface area contributed by atoms with Crippen molar-refractivity contribution in [2.24, 2.45) is 0 Å². The van der Waals surface area contributed by atoms with Gasteiger partial charge < -0.3 is 0 Å². The predicted octanol–water partition coefficient (Wildman–Crippen LogP) is 4.03. The molecule has 0 bridgehead atoms. The van der Waals surface area contributed by atoms with Crippen LogP contribution in [0.1, 0.15) is 57.8 Å². The first-order valence-corrected chi connectivity index (χ1v) is 9.58. The van der Waals surface area contributed by atoms with Gasteiger partial charge in [0.2, 0.25) is 5.91 Å². The van der Waals surface area contributed by atoms with Gasteiger partial charge in [-0.15, -0.1) is 11.3 Å². The Bertz CT molecular complexity index is 776. The van der Waals surface area contributed by atoms with Crippen molar-refractivity contribution in [1.29, 1.82) is 0 Å². The molecule has 0 radical (unpaired) electrons. The van der Waals surface area contributed by atoms with Crippen molar-refractivity contribution < 1.29 is 9.59 Å². The van der Waals surface area contributed by atoms with Gasteiger partial charge in [-0.05, 0) is 49.9 Å². The minimum atomic E-state index is -0.553. The van der Waals surface area contributed by atoms with Crippen LogP contribution < -0.4 is 10.9 Å². The molecule has 4 nitrogen and oxygen atoms in total. The minimum absolute atomic E-state index is 0.108. The Morgan fingerprint density at radius 3 is 2.32 bits per heavy atom. The van der Waals surface area contributed by atoms with E-state index in [0.29, 0.717) is 4.88 Å². The van der Waals surface area contributed by atoms with Crippen LogP contribution >= 0.6 is 11.3 Å². The summed E-state index contributed by atoms with van der Waals surface area (Å²) < 4.78 is 0. The number of carbonyl (C=O) groups excluding carboxylic acids is 2. The Labute approximate surface area is 152 Å². The van der Waals surface area contributed by atoms with Gasteiger partial charge in [-0.3, -0.25) is 20.4 Å². The number of benzene rings is 1. The molecule has 5 heteroatoms. The number of hydrogen-bond donors (Lipinski definition) is 2. The Balaban J connectivity index is 1.78. The number of carbonyl (C=O) groups is 2. The van der Waals surface area contributed by atoms with Crippen molar-refractivity contribution in [2.45, 2.75) is 51.4 Å². The molecule has 3 rings (SSSR count). The molecule has 0 saturated heterocycles. The predicted molar refractivity (Wildman–Crippen MR) is 101 cm³/mol. The van der Waals surface area contributed by atoms with E-state index >= 15 is 0 Å². The zero-order chi connectivity index (χ0) is 17.9. The SMILES string of the molecule is Cc1ccc(C(=O)NNC(=O)C2(c3ccccc3C)CCCCC2)s1. The Hall–Kier alpha value is -2.14. The molecule has 2 amide bonds. The molecule has 1 heterocycles. The van der Waals surface area contributed by atoms with Gasteiger partial charge in [0.05, 0.1) is 10.3 Å². The van der Waals surface area contributed by atoms with Crippen molar-refractivity contribution in [1.82, 2.24) is 10.9 Å². The largest absolute Gasteiger partial charge is 0.279 e. The highest BCUT2D eigenvalue weighted by molar-refractivity contribution is 7.13. The zero-order valence-electron chi connectivity index (χ0n) is 14.7. The van der Waals surface area contributed by atoms with Gasteiger partial charge in [-0.2, -0.15) is 0 Å². The van der Waals surface area contributed by atoms with Gasteiger partial charge >= 0.3 is 0 Å². The topological polar surface area (TPSA) is 58.2 Å². The average Bonchev–Trinajstić information content (AvgIpc) is 3.07. The van der Waals surface area contributed by atoms with E-state index in [1.165, 1.54) is 11.3 Å². The van der Waals surface area contributed by atoms with Crippen molar-refractivity contribution in [3.63, 3.8) is 0 Å². The third kappa shape index (κ3) is 3.61. The summed E-state index contributed by atoms with van der Waals surface area (Å²) in [5, 5.41) is 0. The summed E-state index contributed by atoms with van der Waals surface area (Å²) in [6, 6.07) is 11.8. The zero-order valence-corrected chi connectivity index (χ0v) is 15.5. The molecule has 0 unspecified atom stereocenters. The van der Waals surface area contributed by atoms with E-state index in [2.05, 4.69) is 10.9 Å². The summed E-state index contributed by atoms with van der Waals surface area (Å²) in [4.78, 5) is 27.0. The summed E-state index contributed by atoms with van der Waals surface area (Å²) in [5.74, 6) is -0.370. The molecule has 2 aromatic rings. The summed E-state index contributed by atoms with van der Waals surface area (Å²) >= 11 is 1.42. The van der Waals surface area contributed by atoms with Crippen molar-refractivity contribution in [3.8, 4) is 0 Å². The van der Waals surface area contributed by atoms with Crippen LogP contribution in [0, 0.1) is 13.8 Å². The third-order valence-corrected chi connectivity index (χ3v) is 6.06. The van der Waals surface area contributed by atoms with Crippen molar-refractivity contribution >= 4 is 23.2 Å². The molecule has 1 aliphatic rings. The van der Waals surface area contributed by atoms with Gasteiger partial charge in [-0.25, -0.2) is 0 Å². The van der Waals surface area contributed by atoms with E-state index in [4.69, 9.17) is 0 Å². The fourth-order valence-corrected chi connectivity index (χ4v) is 4.50. The highest BCUT2D eigenvalue weighted by Gasteiger charge is 2.42. The number of hydrazine groups is 1. The number of aryl methyl sites for hydroxylation is 2. The number of rotatable bonds is 3. The molecule has 0 atom stereocenters. The van der Waals surface area contributed by atoms with Crippen LogP contribution in [0.25, 0.3) is 0 Å². The lowest BCUT2D eigenvalue weighted by atomic mass is 9.67. The molecule has 1 aromatic heterocycles. The van der Waals surface area contributed by atoms with Crippen LogP contribution in [0.5, 0.6) is 0 Å². The number of hydrogen-bond acceptors (Lipinski definition) is 3. The first-order valence-electron chi connectivity index (χ1n) is 8.76. The molecular formula is C20H24N2O2S. The number of nitrogens with one attached hydrogen (secondary N) is 2. The Morgan fingerprint density at radius 1 is 0.960 bits per heavy atom. The summed E-state index contributed by atoms with van der Waals surface area (Å²) in [6.45, 7) is 4.00. The first-order chi connectivity index (χ1) is 12.0. The Kier molecular flexibility index (Phi) is 5.23. The maximum Gasteiger partial charge on any atom is 0.279 e. The lowest BCUT2D eigenvalue weighted by Gasteiger charge is -2.37. The van der Waals surface area contributed by atoms with E-state index in [-0.39, 0.29) is 11.8 Å². The van der Waals surface area contributed by atoms with Gasteiger partial charge in [-0.1, -0.05) is 43.5 Å². The van der Waals surface area contributed by atoms with E-state index in [1.54, 1.807) is 6.07 Å². The molecule has 1 saturated carbocycles. The molecule has 0 aliphatic heterocycles. The van der Waals surface area contributed by atoms with Crippen LogP contribution in [0.4, 0.5) is 0 Å². The van der Waals surface area contributed by atoms with E-state index in [1.807, 2.05) is 44.2 Å². The minimum Gasteiger partial charge on any atom is -0.272 e. The fraction of sp³-hybridized carbons (Fsp3) is 0.400. The summed E-state index contributed by atoms with van der Waals surface area (Å²) in [6.07, 6.45) is 4.84.